The molecule has 3 fully saturated rings. The van der Waals surface area contributed by atoms with E-state index in [-0.39, 0.29) is 11.5 Å². The number of ether oxygens (including phenoxy) is 2. The standard InChI is InChI=1S/C29H31F3N2O3S.C14H21FN2/c1-36-22-6-10-25(11-7-22)38(35,24-3-2-4-24)26-12-8-23(9-13-26)37-28-19-21(5-14-27(28)29(30,31)32)20-34-17-15-33-16-18-34;1-14(2,15)13-5-3-12(4-6-13)11-17-9-7-16-8-10-17/h5-14,19,33H,2-4,15-18,20H2,1H3;3-6,16H,7-11H2,1-2H3. The summed E-state index contributed by atoms with van der Waals surface area (Å²) in [5.41, 5.74) is 0.711. The Morgan fingerprint density at radius 2 is 1.16 bits per heavy atom. The molecule has 1 unspecified atom stereocenters. The summed E-state index contributed by atoms with van der Waals surface area (Å²) in [6.45, 7) is 12.4. The number of nitrogens with one attached hydrogen (secondary N) is 2. The first kappa shape index (κ1) is 40.7. The van der Waals surface area contributed by atoms with Crippen LogP contribution in [-0.2, 0) is 34.5 Å². The van der Waals surface area contributed by atoms with Crippen LogP contribution >= 0.6 is 0 Å². The first-order chi connectivity index (χ1) is 26.3. The van der Waals surface area contributed by atoms with E-state index in [0.29, 0.717) is 22.1 Å². The molecule has 7 nitrogen and oxygen atoms in total. The number of halogens is 4. The molecule has 296 valence electrons. The van der Waals surface area contributed by atoms with Crippen molar-refractivity contribution in [2.24, 2.45) is 0 Å². The van der Waals surface area contributed by atoms with E-state index in [2.05, 4.69) is 20.4 Å². The van der Waals surface area contributed by atoms with Gasteiger partial charge in [-0.05, 0) is 115 Å². The van der Waals surface area contributed by atoms with Gasteiger partial charge < -0.3 is 20.1 Å². The van der Waals surface area contributed by atoms with Crippen molar-refractivity contribution in [3.8, 4) is 17.2 Å². The minimum Gasteiger partial charge on any atom is -0.497 e. The molecule has 1 aliphatic carbocycles. The number of hydrogen-bond donors (Lipinski definition) is 2. The van der Waals surface area contributed by atoms with Gasteiger partial charge in [-0.25, -0.2) is 4.39 Å². The molecular weight excluding hydrogens is 729 g/mol. The number of piperazine rings is 2. The Kier molecular flexibility index (Phi) is 13.2. The van der Waals surface area contributed by atoms with Gasteiger partial charge in [0.05, 0.1) is 12.7 Å². The van der Waals surface area contributed by atoms with Gasteiger partial charge in [0.25, 0.3) is 0 Å². The van der Waals surface area contributed by atoms with Gasteiger partial charge in [0.15, 0.2) is 0 Å². The topological polar surface area (TPSA) is 66.1 Å². The van der Waals surface area contributed by atoms with Crippen molar-refractivity contribution < 1.29 is 31.2 Å². The molecule has 2 saturated heterocycles. The minimum absolute atomic E-state index is 0.234. The Morgan fingerprint density at radius 1 is 0.673 bits per heavy atom. The van der Waals surface area contributed by atoms with Crippen LogP contribution in [0.25, 0.3) is 0 Å². The number of alkyl halides is 4. The summed E-state index contributed by atoms with van der Waals surface area (Å²) in [7, 11) is -1.06. The number of benzene rings is 4. The molecule has 2 N–H and O–H groups in total. The summed E-state index contributed by atoms with van der Waals surface area (Å²) >= 11 is 0. The van der Waals surface area contributed by atoms with Crippen LogP contribution in [0.15, 0.2) is 101 Å². The molecule has 2 aliphatic heterocycles. The molecule has 0 amide bonds. The molecule has 1 atom stereocenters. The third-order valence-corrected chi connectivity index (χ3v) is 13.4. The van der Waals surface area contributed by atoms with Gasteiger partial charge in [0, 0.05) is 84.8 Å². The van der Waals surface area contributed by atoms with Gasteiger partial charge in [-0.15, -0.1) is 0 Å². The zero-order valence-electron chi connectivity index (χ0n) is 31.9. The predicted molar refractivity (Wildman–Crippen MR) is 211 cm³/mol. The second kappa shape index (κ2) is 17.9. The fraction of sp³-hybridized carbons (Fsp3) is 0.419. The molecular formula is C43H52F4N4O3S. The lowest BCUT2D eigenvalue weighted by Gasteiger charge is -2.27. The van der Waals surface area contributed by atoms with Gasteiger partial charge >= 0.3 is 6.18 Å². The van der Waals surface area contributed by atoms with Crippen LogP contribution in [0.2, 0.25) is 0 Å². The Labute approximate surface area is 323 Å². The molecule has 0 bridgehead atoms. The summed E-state index contributed by atoms with van der Waals surface area (Å²) in [6.07, 6.45) is -1.98. The molecule has 0 spiro atoms. The van der Waals surface area contributed by atoms with Crippen molar-refractivity contribution in [3.05, 3.63) is 113 Å². The predicted octanol–water partition coefficient (Wildman–Crippen LogP) is 8.27. The average molecular weight is 781 g/mol. The van der Waals surface area contributed by atoms with E-state index in [1.54, 1.807) is 57.4 Å². The lowest BCUT2D eigenvalue weighted by atomic mass is 9.99. The largest absolute Gasteiger partial charge is 0.497 e. The van der Waals surface area contributed by atoms with Crippen molar-refractivity contribution in [2.45, 2.75) is 67.8 Å². The van der Waals surface area contributed by atoms with E-state index in [1.165, 1.54) is 17.7 Å². The summed E-state index contributed by atoms with van der Waals surface area (Å²) in [6, 6.07) is 25.8. The fourth-order valence-corrected chi connectivity index (χ4v) is 9.76. The molecule has 12 heteroatoms. The highest BCUT2D eigenvalue weighted by Crippen LogP contribution is 2.40. The van der Waals surface area contributed by atoms with Gasteiger partial charge in [-0.1, -0.05) is 30.3 Å². The van der Waals surface area contributed by atoms with Crippen LogP contribution in [0, 0.1) is 0 Å². The van der Waals surface area contributed by atoms with Gasteiger partial charge in [-0.2, -0.15) is 13.2 Å². The lowest BCUT2D eigenvalue weighted by Crippen LogP contribution is -2.42. The Morgan fingerprint density at radius 3 is 1.62 bits per heavy atom. The van der Waals surface area contributed by atoms with Crippen molar-refractivity contribution in [1.29, 1.82) is 0 Å². The monoisotopic (exact) mass is 780 g/mol. The first-order valence-electron chi connectivity index (χ1n) is 19.0. The van der Waals surface area contributed by atoms with Crippen LogP contribution in [0.4, 0.5) is 17.6 Å². The molecule has 4 aromatic carbocycles. The molecule has 0 aromatic heterocycles. The van der Waals surface area contributed by atoms with Crippen molar-refractivity contribution in [1.82, 2.24) is 20.4 Å². The Bertz CT molecular complexity index is 1970. The highest BCUT2D eigenvalue weighted by Gasteiger charge is 2.35. The van der Waals surface area contributed by atoms with Crippen LogP contribution in [0.3, 0.4) is 0 Å². The molecule has 0 radical (unpaired) electrons. The smallest absolute Gasteiger partial charge is 0.419 e. The summed E-state index contributed by atoms with van der Waals surface area (Å²) in [5.74, 6) is 0.702. The molecule has 7 rings (SSSR count). The van der Waals surface area contributed by atoms with Gasteiger partial charge in [-0.3, -0.25) is 14.0 Å². The highest BCUT2D eigenvalue weighted by molar-refractivity contribution is 8.02. The van der Waals surface area contributed by atoms with Crippen molar-refractivity contribution in [2.75, 3.05) is 59.5 Å². The zero-order chi connectivity index (χ0) is 39.1. The van der Waals surface area contributed by atoms with Crippen molar-refractivity contribution >= 4 is 14.4 Å². The van der Waals surface area contributed by atoms with Crippen LogP contribution in [-0.4, -0.2) is 78.3 Å². The van der Waals surface area contributed by atoms with Gasteiger partial charge in [0.2, 0.25) is 0 Å². The molecule has 2 heterocycles. The third-order valence-electron chi connectivity index (χ3n) is 10.3. The summed E-state index contributed by atoms with van der Waals surface area (Å²) < 4.78 is 80.5. The quantitative estimate of drug-likeness (QED) is 0.124. The Balaban J connectivity index is 0.000000252. The normalized spacial score (nSPS) is 18.1. The number of nitrogens with zero attached hydrogens (tertiary/aromatic N) is 2. The maximum atomic E-state index is 14.4. The average Bonchev–Trinajstić information content (AvgIpc) is 3.15. The fourth-order valence-electron chi connectivity index (χ4n) is 6.92. The highest BCUT2D eigenvalue weighted by atomic mass is 32.2. The number of rotatable bonds is 10. The van der Waals surface area contributed by atoms with E-state index in [4.69, 9.17) is 9.47 Å². The van der Waals surface area contributed by atoms with Crippen LogP contribution in [0.1, 0.15) is 55.4 Å². The van der Waals surface area contributed by atoms with E-state index in [0.717, 1.165) is 100 Å². The molecule has 55 heavy (non-hydrogen) atoms. The number of hydrogen-bond acceptors (Lipinski definition) is 7. The second-order valence-corrected chi connectivity index (χ2v) is 17.4. The molecule has 3 aliphatic rings. The Hall–Kier alpha value is -3.94. The first-order valence-corrected chi connectivity index (χ1v) is 20.5. The zero-order valence-corrected chi connectivity index (χ0v) is 32.7. The van der Waals surface area contributed by atoms with Crippen LogP contribution < -0.4 is 20.1 Å². The van der Waals surface area contributed by atoms with Crippen LogP contribution in [0.5, 0.6) is 17.2 Å². The molecule has 1 saturated carbocycles. The van der Waals surface area contributed by atoms with E-state index >= 15 is 0 Å². The maximum Gasteiger partial charge on any atom is 0.419 e. The van der Waals surface area contributed by atoms with E-state index < -0.39 is 26.9 Å². The van der Waals surface area contributed by atoms with Crippen molar-refractivity contribution in [3.63, 3.8) is 0 Å². The van der Waals surface area contributed by atoms with Gasteiger partial charge in [0.1, 0.15) is 22.9 Å². The number of methoxy groups -OCH3 is 1. The second-order valence-electron chi connectivity index (χ2n) is 14.7. The SMILES string of the molecule is CC(C)(F)c1ccc(CN2CCNCC2)cc1.COc1ccc(S(=O)(=C2CCC2)c2ccc(Oc3cc(CN4CCNCC4)ccc3C(F)(F)F)cc2)cc1. The summed E-state index contributed by atoms with van der Waals surface area (Å²) in [4.78, 5) is 6.92. The lowest BCUT2D eigenvalue weighted by molar-refractivity contribution is -0.138. The van der Waals surface area contributed by atoms with E-state index in [9.17, 15) is 21.8 Å². The molecule has 4 aromatic rings. The minimum atomic E-state index is -4.55. The third kappa shape index (κ3) is 10.5. The summed E-state index contributed by atoms with van der Waals surface area (Å²) in [5, 5.41) is 6.61. The van der Waals surface area contributed by atoms with E-state index in [1.807, 2.05) is 36.4 Å². The maximum absolute atomic E-state index is 14.4.